The number of amides is 1. The van der Waals surface area contributed by atoms with Crippen molar-refractivity contribution in [1.29, 1.82) is 0 Å². The van der Waals surface area contributed by atoms with Gasteiger partial charge in [0.2, 0.25) is 5.76 Å². The average molecular weight is 464 g/mol. The number of rotatable bonds is 3. The van der Waals surface area contributed by atoms with Crippen molar-refractivity contribution in [2.24, 2.45) is 10.9 Å². The molecule has 1 aromatic carbocycles. The number of carbonyl (C=O) groups is 1. The van der Waals surface area contributed by atoms with E-state index in [0.29, 0.717) is 29.7 Å². The van der Waals surface area contributed by atoms with E-state index in [2.05, 4.69) is 10.3 Å². The lowest BCUT2D eigenvalue weighted by molar-refractivity contribution is -0.153. The molecular formula is C24H21F5N2O2. The summed E-state index contributed by atoms with van der Waals surface area (Å²) >= 11 is 0. The van der Waals surface area contributed by atoms with Crippen molar-refractivity contribution in [3.63, 3.8) is 0 Å². The number of fused-ring (bicyclic) bond motifs is 1. The maximum atomic E-state index is 14.0. The lowest BCUT2D eigenvalue weighted by Crippen LogP contribution is -2.27. The molecule has 1 aliphatic carbocycles. The van der Waals surface area contributed by atoms with Crippen molar-refractivity contribution < 1.29 is 31.2 Å². The Kier molecular flexibility index (Phi) is 5.99. The molecule has 2 heterocycles. The van der Waals surface area contributed by atoms with Crippen LogP contribution in [0.25, 0.3) is 5.70 Å². The molecular weight excluding hydrogens is 443 g/mol. The van der Waals surface area contributed by atoms with Crippen LogP contribution in [0.4, 0.5) is 22.0 Å². The zero-order valence-corrected chi connectivity index (χ0v) is 17.9. The monoisotopic (exact) mass is 464 g/mol. The molecule has 9 heteroatoms. The van der Waals surface area contributed by atoms with Gasteiger partial charge in [-0.25, -0.2) is 8.78 Å². The molecule has 0 saturated carbocycles. The van der Waals surface area contributed by atoms with Gasteiger partial charge in [0, 0.05) is 12.0 Å². The zero-order chi connectivity index (χ0) is 23.9. The van der Waals surface area contributed by atoms with Gasteiger partial charge in [0.05, 0.1) is 23.2 Å². The Labute approximate surface area is 186 Å². The second kappa shape index (κ2) is 8.61. The molecule has 2 aromatic rings. The molecule has 2 aliphatic rings. The average Bonchev–Trinajstić information content (AvgIpc) is 3.09. The Bertz CT molecular complexity index is 1180. The molecule has 0 saturated heterocycles. The van der Waals surface area contributed by atoms with Gasteiger partial charge in [-0.2, -0.15) is 13.2 Å². The van der Waals surface area contributed by atoms with Gasteiger partial charge in [-0.05, 0) is 49.8 Å². The molecule has 1 aliphatic heterocycles. The van der Waals surface area contributed by atoms with Crippen LogP contribution in [-0.2, 0) is 19.0 Å². The summed E-state index contributed by atoms with van der Waals surface area (Å²) in [6.45, 7) is 3.40. The minimum absolute atomic E-state index is 0.0826. The third-order valence-corrected chi connectivity index (χ3v) is 5.97. The number of halogens is 5. The highest BCUT2D eigenvalue weighted by atomic mass is 19.4. The number of furan rings is 1. The number of aliphatic imine (C=N–C) groups is 1. The van der Waals surface area contributed by atoms with Crippen LogP contribution >= 0.6 is 0 Å². The predicted octanol–water partition coefficient (Wildman–Crippen LogP) is 6.22. The number of hydrogen-bond donors (Lipinski definition) is 1. The van der Waals surface area contributed by atoms with Crippen LogP contribution in [-0.4, -0.2) is 12.1 Å². The Balaban J connectivity index is 1.71. The molecule has 1 unspecified atom stereocenters. The molecule has 0 bridgehead atoms. The van der Waals surface area contributed by atoms with E-state index in [0.717, 1.165) is 31.0 Å². The Hall–Kier alpha value is -3.23. The van der Waals surface area contributed by atoms with Crippen LogP contribution in [0.2, 0.25) is 0 Å². The maximum Gasteiger partial charge on any atom is 0.450 e. The second-order valence-corrected chi connectivity index (χ2v) is 8.16. The minimum atomic E-state index is -4.69. The van der Waals surface area contributed by atoms with Crippen LogP contribution in [0, 0.1) is 17.6 Å². The van der Waals surface area contributed by atoms with Crippen LogP contribution in [0.3, 0.4) is 0 Å². The van der Waals surface area contributed by atoms with Gasteiger partial charge in [0.25, 0.3) is 5.91 Å². The van der Waals surface area contributed by atoms with E-state index in [9.17, 15) is 26.7 Å². The number of benzene rings is 1. The zero-order valence-electron chi connectivity index (χ0n) is 17.9. The smallest absolute Gasteiger partial charge is 0.450 e. The van der Waals surface area contributed by atoms with Crippen LogP contribution in [0.5, 0.6) is 0 Å². The lowest BCUT2D eigenvalue weighted by Gasteiger charge is -2.13. The molecule has 1 aromatic heterocycles. The largest absolute Gasteiger partial charge is 0.455 e. The van der Waals surface area contributed by atoms with Gasteiger partial charge >= 0.3 is 6.18 Å². The number of allylic oxidation sites excluding steroid dienone is 3. The first kappa shape index (κ1) is 22.9. The molecule has 1 N–H and O–H groups in total. The van der Waals surface area contributed by atoms with E-state index < -0.39 is 41.0 Å². The Morgan fingerprint density at radius 2 is 1.82 bits per heavy atom. The minimum Gasteiger partial charge on any atom is -0.455 e. The molecule has 4 nitrogen and oxygen atoms in total. The van der Waals surface area contributed by atoms with Crippen LogP contribution in [0.15, 0.2) is 45.0 Å². The second-order valence-electron chi connectivity index (χ2n) is 8.16. The van der Waals surface area contributed by atoms with Crippen molar-refractivity contribution in [2.75, 3.05) is 0 Å². The number of nitrogens with one attached hydrogen (secondary N) is 1. The van der Waals surface area contributed by atoms with Gasteiger partial charge in [-0.15, -0.1) is 0 Å². The lowest BCUT2D eigenvalue weighted by atomic mass is 9.91. The van der Waals surface area contributed by atoms with E-state index in [1.54, 1.807) is 19.9 Å². The third kappa shape index (κ3) is 4.36. The van der Waals surface area contributed by atoms with Crippen molar-refractivity contribution in [1.82, 2.24) is 5.32 Å². The number of alkyl halides is 3. The molecule has 33 heavy (non-hydrogen) atoms. The quantitative estimate of drug-likeness (QED) is 0.549. The Morgan fingerprint density at radius 3 is 2.48 bits per heavy atom. The van der Waals surface area contributed by atoms with Crippen LogP contribution < -0.4 is 5.32 Å². The molecule has 1 amide bonds. The summed E-state index contributed by atoms with van der Waals surface area (Å²) < 4.78 is 74.5. The van der Waals surface area contributed by atoms with Crippen molar-refractivity contribution in [3.8, 4) is 0 Å². The first-order valence-corrected chi connectivity index (χ1v) is 10.5. The predicted molar refractivity (Wildman–Crippen MR) is 113 cm³/mol. The van der Waals surface area contributed by atoms with E-state index in [4.69, 9.17) is 4.42 Å². The summed E-state index contributed by atoms with van der Waals surface area (Å²) in [6, 6.07) is 3.06. The van der Waals surface area contributed by atoms with E-state index >= 15 is 0 Å². The van der Waals surface area contributed by atoms with Gasteiger partial charge in [0.15, 0.2) is 0 Å². The third-order valence-electron chi connectivity index (χ3n) is 5.97. The summed E-state index contributed by atoms with van der Waals surface area (Å²) in [4.78, 5) is 16.8. The number of hydrogen-bond acceptors (Lipinski definition) is 3. The van der Waals surface area contributed by atoms with E-state index in [-0.39, 0.29) is 17.0 Å². The van der Waals surface area contributed by atoms with Gasteiger partial charge in [-0.3, -0.25) is 9.79 Å². The van der Waals surface area contributed by atoms with E-state index in [1.807, 2.05) is 0 Å². The molecule has 0 spiro atoms. The summed E-state index contributed by atoms with van der Waals surface area (Å²) in [5.41, 5.74) is 0.489. The highest BCUT2D eigenvalue weighted by Crippen LogP contribution is 2.43. The number of nitrogens with zero attached hydrogens (tertiary/aromatic N) is 1. The fourth-order valence-electron chi connectivity index (χ4n) is 4.10. The van der Waals surface area contributed by atoms with Crippen molar-refractivity contribution in [2.45, 2.75) is 45.7 Å². The number of carbonyl (C=O) groups excluding carboxylic acids is 1. The maximum absolute atomic E-state index is 14.0. The summed E-state index contributed by atoms with van der Waals surface area (Å²) in [5.74, 6) is -4.24. The standard InChI is InChI=1S/C24H21F5N2O2/c1-12-10-17(20-14-6-3-4-9-19(14)33-22(20)24(27,28)29)30-11-18(13(12)2)31-23(32)21-15(25)7-5-8-16(21)26/h5,7-8,10-12H,3-4,6,9H2,1-2H3,(H,31,32). The highest BCUT2D eigenvalue weighted by Gasteiger charge is 2.42. The Morgan fingerprint density at radius 1 is 1.15 bits per heavy atom. The summed E-state index contributed by atoms with van der Waals surface area (Å²) in [6.07, 6.45) is 0.467. The molecule has 0 fully saturated rings. The first-order valence-electron chi connectivity index (χ1n) is 10.5. The molecule has 4 rings (SSSR count). The summed E-state index contributed by atoms with van der Waals surface area (Å²) in [7, 11) is 0. The fourth-order valence-corrected chi connectivity index (χ4v) is 4.10. The molecule has 0 radical (unpaired) electrons. The van der Waals surface area contributed by atoms with Gasteiger partial charge < -0.3 is 9.73 Å². The van der Waals surface area contributed by atoms with Crippen molar-refractivity contribution >= 4 is 17.8 Å². The van der Waals surface area contributed by atoms with E-state index in [1.165, 1.54) is 6.21 Å². The normalized spacial score (nSPS) is 18.6. The van der Waals surface area contributed by atoms with Gasteiger partial charge in [-0.1, -0.05) is 19.1 Å². The topological polar surface area (TPSA) is 54.6 Å². The summed E-state index contributed by atoms with van der Waals surface area (Å²) in [5, 5.41) is 2.44. The van der Waals surface area contributed by atoms with Crippen molar-refractivity contribution in [3.05, 3.63) is 75.4 Å². The SMILES string of the molecule is CC1=C(NC(=O)c2c(F)cccc2F)C=NC(c2c(C(F)(F)F)oc3c2CCCC3)=CC1C. The molecule has 1 atom stereocenters. The first-order chi connectivity index (χ1) is 15.6. The number of aryl methyl sites for hydroxylation is 1. The molecule has 174 valence electrons. The van der Waals surface area contributed by atoms with Gasteiger partial charge in [0.1, 0.15) is 23.0 Å². The van der Waals surface area contributed by atoms with Crippen LogP contribution in [0.1, 0.15) is 59.7 Å². The fraction of sp³-hybridized carbons (Fsp3) is 0.333. The highest BCUT2D eigenvalue weighted by molar-refractivity contribution is 6.00.